The number of rotatable bonds is 2. The molecule has 0 unspecified atom stereocenters. The largest absolute Gasteiger partial charge is 0.399 e. The molecule has 6 nitrogen and oxygen atoms in total. The third-order valence-electron chi connectivity index (χ3n) is 4.74. The molecule has 0 atom stereocenters. The minimum Gasteiger partial charge on any atom is -0.399 e. The number of anilines is 2. The summed E-state index contributed by atoms with van der Waals surface area (Å²) in [7, 11) is 0. The molecule has 2 aromatic heterocycles. The number of benzene rings is 1. The second kappa shape index (κ2) is 6.29. The Morgan fingerprint density at radius 2 is 1.69 bits per heavy atom. The molecule has 6 heteroatoms. The smallest absolute Gasteiger partial charge is 0.182 e. The first-order valence-corrected chi connectivity index (χ1v) is 9.02. The summed E-state index contributed by atoms with van der Waals surface area (Å²) in [5.41, 5.74) is 9.73. The summed E-state index contributed by atoms with van der Waals surface area (Å²) in [5.74, 6) is 1.67. The van der Waals surface area contributed by atoms with Crippen LogP contribution in [0, 0.1) is 0 Å². The molecule has 0 bridgehead atoms. The van der Waals surface area contributed by atoms with Crippen molar-refractivity contribution >= 4 is 17.0 Å². The number of fused-ring (bicyclic) bond motifs is 1. The molecule has 0 amide bonds. The van der Waals surface area contributed by atoms with E-state index in [1.807, 2.05) is 28.8 Å². The number of morpholine rings is 1. The van der Waals surface area contributed by atoms with Crippen LogP contribution in [0.2, 0.25) is 0 Å². The van der Waals surface area contributed by atoms with Crippen LogP contribution in [-0.2, 0) is 10.2 Å². The second-order valence-corrected chi connectivity index (χ2v) is 7.75. The van der Waals surface area contributed by atoms with Crippen molar-refractivity contribution in [2.75, 3.05) is 36.9 Å². The standard InChI is InChI=1S/C20H25N5O/c1-20(2,3)17-9-8-16-19(24-10-12-26-13-11-24)22-18(23-25(16)17)14-4-6-15(21)7-5-14/h4-9H,10-13,21H2,1-3H3. The zero-order valence-corrected chi connectivity index (χ0v) is 15.6. The van der Waals surface area contributed by atoms with Crippen LogP contribution in [0.15, 0.2) is 36.4 Å². The summed E-state index contributed by atoms with van der Waals surface area (Å²) in [6.07, 6.45) is 0. The highest BCUT2D eigenvalue weighted by molar-refractivity contribution is 5.73. The van der Waals surface area contributed by atoms with Crippen molar-refractivity contribution in [3.8, 4) is 11.4 Å². The average Bonchev–Trinajstić information content (AvgIpc) is 3.06. The van der Waals surface area contributed by atoms with Gasteiger partial charge in [0.25, 0.3) is 0 Å². The molecule has 0 spiro atoms. The van der Waals surface area contributed by atoms with E-state index >= 15 is 0 Å². The molecule has 0 aliphatic carbocycles. The first-order chi connectivity index (χ1) is 12.4. The Labute approximate surface area is 153 Å². The molecule has 3 aromatic rings. The first-order valence-electron chi connectivity index (χ1n) is 9.02. The zero-order chi connectivity index (χ0) is 18.3. The summed E-state index contributed by atoms with van der Waals surface area (Å²) in [4.78, 5) is 7.20. The van der Waals surface area contributed by atoms with Crippen molar-refractivity contribution < 1.29 is 4.74 Å². The second-order valence-electron chi connectivity index (χ2n) is 7.75. The van der Waals surface area contributed by atoms with E-state index in [9.17, 15) is 0 Å². The van der Waals surface area contributed by atoms with Crippen LogP contribution < -0.4 is 10.6 Å². The molecule has 136 valence electrons. The fourth-order valence-electron chi connectivity index (χ4n) is 3.31. The molecule has 2 N–H and O–H groups in total. The summed E-state index contributed by atoms with van der Waals surface area (Å²) < 4.78 is 7.56. The zero-order valence-electron chi connectivity index (χ0n) is 15.6. The molecule has 1 saturated heterocycles. The number of hydrogen-bond acceptors (Lipinski definition) is 5. The lowest BCUT2D eigenvalue weighted by Crippen LogP contribution is -2.37. The summed E-state index contributed by atoms with van der Waals surface area (Å²) in [6, 6.07) is 12.0. The Morgan fingerprint density at radius 3 is 2.35 bits per heavy atom. The van der Waals surface area contributed by atoms with Crippen LogP contribution in [0.3, 0.4) is 0 Å². The normalized spacial score (nSPS) is 15.6. The molecule has 1 fully saturated rings. The first kappa shape index (κ1) is 16.8. The monoisotopic (exact) mass is 351 g/mol. The number of nitrogens with zero attached hydrogens (tertiary/aromatic N) is 4. The van der Waals surface area contributed by atoms with E-state index in [2.05, 4.69) is 37.8 Å². The van der Waals surface area contributed by atoms with Crippen LogP contribution in [0.4, 0.5) is 11.5 Å². The van der Waals surface area contributed by atoms with Gasteiger partial charge in [-0.25, -0.2) is 9.50 Å². The van der Waals surface area contributed by atoms with Crippen molar-refractivity contribution in [2.45, 2.75) is 26.2 Å². The SMILES string of the molecule is CC(C)(C)c1ccc2c(N3CCOCC3)nc(-c3ccc(N)cc3)nn12. The Kier molecular flexibility index (Phi) is 4.07. The van der Waals surface area contributed by atoms with E-state index in [1.54, 1.807) is 0 Å². The fraction of sp³-hybridized carbons (Fsp3) is 0.400. The lowest BCUT2D eigenvalue weighted by molar-refractivity contribution is 0.122. The molecule has 1 aliphatic rings. The molecule has 26 heavy (non-hydrogen) atoms. The molecule has 1 aromatic carbocycles. The van der Waals surface area contributed by atoms with Crippen molar-refractivity contribution in [2.24, 2.45) is 0 Å². The maximum absolute atomic E-state index is 5.84. The molecule has 1 aliphatic heterocycles. The minimum atomic E-state index is -0.0125. The van der Waals surface area contributed by atoms with E-state index in [1.165, 1.54) is 5.69 Å². The van der Waals surface area contributed by atoms with Gasteiger partial charge in [0, 0.05) is 35.4 Å². The topological polar surface area (TPSA) is 68.7 Å². The van der Waals surface area contributed by atoms with Crippen molar-refractivity contribution in [3.05, 3.63) is 42.1 Å². The summed E-state index contributed by atoms with van der Waals surface area (Å²) >= 11 is 0. The lowest BCUT2D eigenvalue weighted by Gasteiger charge is -2.29. The highest BCUT2D eigenvalue weighted by Crippen LogP contribution is 2.30. The lowest BCUT2D eigenvalue weighted by atomic mass is 9.93. The van der Waals surface area contributed by atoms with E-state index in [-0.39, 0.29) is 5.41 Å². The Hall–Kier alpha value is -2.60. The van der Waals surface area contributed by atoms with Gasteiger partial charge in [0.05, 0.1) is 13.2 Å². The highest BCUT2D eigenvalue weighted by atomic mass is 16.5. The molecular formula is C20H25N5O. The van der Waals surface area contributed by atoms with Crippen LogP contribution in [0.5, 0.6) is 0 Å². The van der Waals surface area contributed by atoms with E-state index in [0.717, 1.165) is 48.9 Å². The average molecular weight is 351 g/mol. The van der Waals surface area contributed by atoms with Crippen molar-refractivity contribution in [1.29, 1.82) is 0 Å². The van der Waals surface area contributed by atoms with Gasteiger partial charge in [-0.2, -0.15) is 0 Å². The third-order valence-corrected chi connectivity index (χ3v) is 4.74. The fourth-order valence-corrected chi connectivity index (χ4v) is 3.31. The van der Waals surface area contributed by atoms with Crippen LogP contribution in [-0.4, -0.2) is 40.9 Å². The van der Waals surface area contributed by atoms with Crippen LogP contribution in [0.25, 0.3) is 16.9 Å². The Bertz CT molecular complexity index is 918. The third kappa shape index (κ3) is 3.01. The van der Waals surface area contributed by atoms with Gasteiger partial charge in [0.15, 0.2) is 11.6 Å². The molecular weight excluding hydrogens is 326 g/mol. The van der Waals surface area contributed by atoms with Gasteiger partial charge >= 0.3 is 0 Å². The van der Waals surface area contributed by atoms with Gasteiger partial charge in [-0.05, 0) is 36.4 Å². The number of nitrogens with two attached hydrogens (primary N) is 1. The maximum atomic E-state index is 5.84. The Balaban J connectivity index is 1.93. The number of ether oxygens (including phenoxy) is 1. The van der Waals surface area contributed by atoms with Gasteiger partial charge < -0.3 is 15.4 Å². The van der Waals surface area contributed by atoms with Gasteiger partial charge in [-0.1, -0.05) is 20.8 Å². The Morgan fingerprint density at radius 1 is 1.00 bits per heavy atom. The molecule has 0 radical (unpaired) electrons. The maximum Gasteiger partial charge on any atom is 0.182 e. The van der Waals surface area contributed by atoms with Gasteiger partial charge in [-0.3, -0.25) is 0 Å². The predicted octanol–water partition coefficient (Wildman–Crippen LogP) is 3.11. The molecule has 0 saturated carbocycles. The van der Waals surface area contributed by atoms with Crippen LogP contribution in [0.1, 0.15) is 26.5 Å². The van der Waals surface area contributed by atoms with Crippen LogP contribution >= 0.6 is 0 Å². The molecule has 4 rings (SSSR count). The quantitative estimate of drug-likeness (QED) is 0.719. The number of hydrogen-bond donors (Lipinski definition) is 1. The predicted molar refractivity (Wildman–Crippen MR) is 105 cm³/mol. The van der Waals surface area contributed by atoms with Crippen molar-refractivity contribution in [3.63, 3.8) is 0 Å². The van der Waals surface area contributed by atoms with E-state index in [4.69, 9.17) is 20.6 Å². The van der Waals surface area contributed by atoms with Gasteiger partial charge in [0.2, 0.25) is 0 Å². The number of nitrogen functional groups attached to an aromatic ring is 1. The highest BCUT2D eigenvalue weighted by Gasteiger charge is 2.24. The van der Waals surface area contributed by atoms with E-state index < -0.39 is 0 Å². The summed E-state index contributed by atoms with van der Waals surface area (Å²) in [5, 5.41) is 4.86. The molecule has 3 heterocycles. The number of aromatic nitrogens is 3. The van der Waals surface area contributed by atoms with E-state index in [0.29, 0.717) is 5.82 Å². The van der Waals surface area contributed by atoms with Crippen molar-refractivity contribution in [1.82, 2.24) is 14.6 Å². The minimum absolute atomic E-state index is 0.0125. The van der Waals surface area contributed by atoms with Gasteiger partial charge in [-0.15, -0.1) is 5.10 Å². The summed E-state index contributed by atoms with van der Waals surface area (Å²) in [6.45, 7) is 9.73. The van der Waals surface area contributed by atoms with Gasteiger partial charge in [0.1, 0.15) is 5.52 Å².